The molecule has 3 aromatic rings. The van der Waals surface area contributed by atoms with Crippen LogP contribution in [-0.4, -0.2) is 17.6 Å². The fourth-order valence-corrected chi connectivity index (χ4v) is 3.33. The van der Waals surface area contributed by atoms with E-state index in [0.29, 0.717) is 11.6 Å². The minimum absolute atomic E-state index is 0.0591. The number of benzene rings is 2. The summed E-state index contributed by atoms with van der Waals surface area (Å²) in [7, 11) is 0. The maximum Gasteiger partial charge on any atom is 0.254 e. The second kappa shape index (κ2) is 6.44. The van der Waals surface area contributed by atoms with Crippen molar-refractivity contribution in [3.63, 3.8) is 0 Å². The van der Waals surface area contributed by atoms with E-state index in [-0.39, 0.29) is 12.1 Å². The van der Waals surface area contributed by atoms with Crippen molar-refractivity contribution >= 4 is 27.3 Å². The molecule has 0 radical (unpaired) electrons. The predicted octanol–water partition coefficient (Wildman–Crippen LogP) is 3.64. The SMILES string of the molecule is O=C(NCC(O)c1csc2ccccc12)c1ccc(F)cc1F. The van der Waals surface area contributed by atoms with E-state index >= 15 is 0 Å². The standard InChI is InChI=1S/C17H13F2NO2S/c18-10-5-6-12(14(19)7-10)17(22)20-8-15(21)13-9-23-16-4-2-1-3-11(13)16/h1-7,9,15,21H,8H2,(H,20,22). The van der Waals surface area contributed by atoms with Gasteiger partial charge < -0.3 is 10.4 Å². The Morgan fingerprint density at radius 3 is 2.78 bits per heavy atom. The number of carbonyl (C=O) groups is 1. The van der Waals surface area contributed by atoms with Gasteiger partial charge in [0.1, 0.15) is 11.6 Å². The number of fused-ring (bicyclic) bond motifs is 1. The van der Waals surface area contributed by atoms with E-state index in [4.69, 9.17) is 0 Å². The zero-order chi connectivity index (χ0) is 16.4. The maximum absolute atomic E-state index is 13.5. The highest BCUT2D eigenvalue weighted by atomic mass is 32.1. The topological polar surface area (TPSA) is 49.3 Å². The number of hydrogen-bond donors (Lipinski definition) is 2. The molecule has 2 aromatic carbocycles. The fraction of sp³-hybridized carbons (Fsp3) is 0.118. The van der Waals surface area contributed by atoms with Crippen molar-refractivity contribution in [2.45, 2.75) is 6.10 Å². The molecule has 0 saturated carbocycles. The van der Waals surface area contributed by atoms with Gasteiger partial charge in [0.15, 0.2) is 0 Å². The summed E-state index contributed by atoms with van der Waals surface area (Å²) >= 11 is 1.50. The molecule has 0 fully saturated rings. The number of amides is 1. The van der Waals surface area contributed by atoms with Crippen LogP contribution in [0.2, 0.25) is 0 Å². The van der Waals surface area contributed by atoms with Crippen LogP contribution in [0.5, 0.6) is 0 Å². The van der Waals surface area contributed by atoms with Crippen LogP contribution in [0.1, 0.15) is 22.0 Å². The van der Waals surface area contributed by atoms with Gasteiger partial charge in [0.2, 0.25) is 0 Å². The number of rotatable bonds is 4. The van der Waals surface area contributed by atoms with E-state index in [9.17, 15) is 18.7 Å². The Balaban J connectivity index is 1.71. The van der Waals surface area contributed by atoms with Crippen LogP contribution >= 0.6 is 11.3 Å². The summed E-state index contributed by atoms with van der Waals surface area (Å²) in [4.78, 5) is 11.9. The Kier molecular flexibility index (Phi) is 4.36. The second-order valence-corrected chi connectivity index (χ2v) is 5.95. The van der Waals surface area contributed by atoms with Gasteiger partial charge in [-0.05, 0) is 29.0 Å². The van der Waals surface area contributed by atoms with Crippen LogP contribution in [0, 0.1) is 11.6 Å². The van der Waals surface area contributed by atoms with Crippen molar-refractivity contribution in [2.75, 3.05) is 6.54 Å². The third-order valence-corrected chi connectivity index (χ3v) is 4.48. The van der Waals surface area contributed by atoms with Gasteiger partial charge in [-0.15, -0.1) is 11.3 Å². The molecule has 0 spiro atoms. The van der Waals surface area contributed by atoms with Gasteiger partial charge in [0, 0.05) is 22.9 Å². The summed E-state index contributed by atoms with van der Waals surface area (Å²) < 4.78 is 27.4. The maximum atomic E-state index is 13.5. The molecule has 0 aliphatic rings. The van der Waals surface area contributed by atoms with Gasteiger partial charge in [-0.3, -0.25) is 4.79 Å². The lowest BCUT2D eigenvalue weighted by molar-refractivity contribution is 0.0913. The Morgan fingerprint density at radius 2 is 2.00 bits per heavy atom. The molecular formula is C17H13F2NO2S. The third-order valence-electron chi connectivity index (χ3n) is 3.50. The first kappa shape index (κ1) is 15.6. The lowest BCUT2D eigenvalue weighted by Gasteiger charge is -2.12. The minimum Gasteiger partial charge on any atom is -0.387 e. The first-order valence-corrected chi connectivity index (χ1v) is 7.81. The van der Waals surface area contributed by atoms with E-state index in [0.717, 1.165) is 22.2 Å². The first-order chi connectivity index (χ1) is 11.1. The highest BCUT2D eigenvalue weighted by Gasteiger charge is 2.16. The van der Waals surface area contributed by atoms with E-state index in [1.54, 1.807) is 0 Å². The van der Waals surface area contributed by atoms with E-state index in [1.165, 1.54) is 11.3 Å². The van der Waals surface area contributed by atoms with Crippen LogP contribution in [-0.2, 0) is 0 Å². The third kappa shape index (κ3) is 3.23. The van der Waals surface area contributed by atoms with E-state index < -0.39 is 23.6 Å². The van der Waals surface area contributed by atoms with Gasteiger partial charge in [-0.1, -0.05) is 18.2 Å². The molecule has 23 heavy (non-hydrogen) atoms. The average Bonchev–Trinajstić information content (AvgIpc) is 2.96. The summed E-state index contributed by atoms with van der Waals surface area (Å²) in [5.41, 5.74) is 0.458. The number of halogens is 2. The molecule has 3 rings (SSSR count). The first-order valence-electron chi connectivity index (χ1n) is 6.93. The van der Waals surface area contributed by atoms with Gasteiger partial charge in [-0.2, -0.15) is 0 Å². The Morgan fingerprint density at radius 1 is 1.22 bits per heavy atom. The summed E-state index contributed by atoms with van der Waals surface area (Å²) in [6.07, 6.45) is -0.904. The Labute approximate surface area is 135 Å². The molecule has 1 atom stereocenters. The van der Waals surface area contributed by atoms with Gasteiger partial charge in [-0.25, -0.2) is 8.78 Å². The number of nitrogens with one attached hydrogen (secondary N) is 1. The monoisotopic (exact) mass is 333 g/mol. The molecule has 6 heteroatoms. The molecule has 1 unspecified atom stereocenters. The van der Waals surface area contributed by atoms with Gasteiger partial charge >= 0.3 is 0 Å². The largest absolute Gasteiger partial charge is 0.387 e. The lowest BCUT2D eigenvalue weighted by Crippen LogP contribution is -2.29. The number of aliphatic hydroxyl groups excluding tert-OH is 1. The molecule has 1 amide bonds. The van der Waals surface area contributed by atoms with Crippen molar-refractivity contribution in [1.82, 2.24) is 5.32 Å². The van der Waals surface area contributed by atoms with Crippen molar-refractivity contribution in [2.24, 2.45) is 0 Å². The van der Waals surface area contributed by atoms with E-state index in [1.807, 2.05) is 29.6 Å². The summed E-state index contributed by atoms with van der Waals surface area (Å²) in [5.74, 6) is -2.37. The molecule has 118 valence electrons. The van der Waals surface area contributed by atoms with Crippen molar-refractivity contribution < 1.29 is 18.7 Å². The molecule has 0 aliphatic carbocycles. The summed E-state index contributed by atoms with van der Waals surface area (Å²) in [5, 5.41) is 15.5. The van der Waals surface area contributed by atoms with Crippen molar-refractivity contribution in [3.8, 4) is 0 Å². The second-order valence-electron chi connectivity index (χ2n) is 5.04. The average molecular weight is 333 g/mol. The van der Waals surface area contributed by atoms with Crippen LogP contribution in [0.25, 0.3) is 10.1 Å². The number of carbonyl (C=O) groups excluding carboxylic acids is 1. The van der Waals surface area contributed by atoms with Crippen LogP contribution in [0.4, 0.5) is 8.78 Å². The highest BCUT2D eigenvalue weighted by molar-refractivity contribution is 7.17. The van der Waals surface area contributed by atoms with Crippen LogP contribution in [0.15, 0.2) is 47.8 Å². The number of aliphatic hydroxyl groups is 1. The summed E-state index contributed by atoms with van der Waals surface area (Å²) in [6, 6.07) is 10.4. The number of thiophene rings is 1. The van der Waals surface area contributed by atoms with Crippen LogP contribution < -0.4 is 5.32 Å². The van der Waals surface area contributed by atoms with Crippen LogP contribution in [0.3, 0.4) is 0 Å². The zero-order valence-corrected chi connectivity index (χ0v) is 12.7. The Hall–Kier alpha value is -2.31. The molecule has 1 aromatic heterocycles. The van der Waals surface area contributed by atoms with E-state index in [2.05, 4.69) is 5.32 Å². The molecule has 1 heterocycles. The summed E-state index contributed by atoms with van der Waals surface area (Å²) in [6.45, 7) is -0.0591. The quantitative estimate of drug-likeness (QED) is 0.766. The zero-order valence-electron chi connectivity index (χ0n) is 11.9. The molecule has 3 nitrogen and oxygen atoms in total. The molecule has 2 N–H and O–H groups in total. The van der Waals surface area contributed by atoms with Crippen molar-refractivity contribution in [3.05, 3.63) is 70.6 Å². The smallest absolute Gasteiger partial charge is 0.254 e. The van der Waals surface area contributed by atoms with Crippen molar-refractivity contribution in [1.29, 1.82) is 0 Å². The fourth-order valence-electron chi connectivity index (χ4n) is 2.32. The normalized spacial score (nSPS) is 12.3. The Bertz CT molecular complexity index is 863. The molecule has 0 bridgehead atoms. The van der Waals surface area contributed by atoms with Gasteiger partial charge in [0.05, 0.1) is 11.7 Å². The predicted molar refractivity (Wildman–Crippen MR) is 85.5 cm³/mol. The van der Waals surface area contributed by atoms with Gasteiger partial charge in [0.25, 0.3) is 5.91 Å². The lowest BCUT2D eigenvalue weighted by atomic mass is 10.1. The molecule has 0 saturated heterocycles. The number of hydrogen-bond acceptors (Lipinski definition) is 3. The molecular weight excluding hydrogens is 320 g/mol. The minimum atomic E-state index is -0.932. The molecule has 0 aliphatic heterocycles. The highest BCUT2D eigenvalue weighted by Crippen LogP contribution is 2.29.